The second kappa shape index (κ2) is 13.4. The van der Waals surface area contributed by atoms with E-state index in [-0.39, 0.29) is 5.19 Å². The van der Waals surface area contributed by atoms with Gasteiger partial charge in [0.1, 0.15) is 0 Å². The first-order chi connectivity index (χ1) is 40.8. The number of nitrogens with zero attached hydrogens (tertiary/aromatic N) is 2. The first-order valence-corrected chi connectivity index (χ1v) is 21.0. The lowest BCUT2D eigenvalue weighted by Crippen LogP contribution is -2.75. The van der Waals surface area contributed by atoms with Crippen LogP contribution in [0.5, 0.6) is 0 Å². The van der Waals surface area contributed by atoms with Crippen molar-refractivity contribution < 1.29 is 39.8 Å². The predicted octanol–water partition coefficient (Wildman–Crippen LogP) is 11.2. The van der Waals surface area contributed by atoms with E-state index in [1.54, 1.807) is 12.1 Å². The van der Waals surface area contributed by atoms with Crippen LogP contribution >= 0.6 is 0 Å². The molecule has 1 aromatic heterocycles. The Kier molecular flexibility index (Phi) is 3.83. The number of fused-ring (bicyclic) bond motifs is 7. The van der Waals surface area contributed by atoms with Gasteiger partial charge in [-0.3, -0.25) is 0 Å². The second-order valence-corrected chi connectivity index (χ2v) is 19.7. The number of benzene rings is 7. The molecule has 3 heteroatoms. The van der Waals surface area contributed by atoms with E-state index in [1.807, 2.05) is 27.7 Å². The van der Waals surface area contributed by atoms with Crippen molar-refractivity contribution in [2.45, 2.75) is 63.3 Å². The number of hydrogen-bond donors (Lipinski definition) is 0. The molecule has 0 bridgehead atoms. The molecule has 2 atom stereocenters. The lowest BCUT2D eigenvalue weighted by atomic mass is 9.63. The zero-order chi connectivity index (χ0) is 65.2. The fourth-order valence-corrected chi connectivity index (χ4v) is 13.0. The Morgan fingerprint density at radius 1 is 0.576 bits per heavy atom. The zero-order valence-electron chi connectivity index (χ0n) is 61.2. The van der Waals surface area contributed by atoms with Crippen molar-refractivity contribution in [3.8, 4) is 0 Å². The summed E-state index contributed by atoms with van der Waals surface area (Å²) >= 11 is 0. The van der Waals surface area contributed by atoms with Crippen LogP contribution in [0.3, 0.4) is 0 Å². The van der Waals surface area contributed by atoms with Crippen molar-refractivity contribution in [2.75, 3.05) is 4.90 Å². The van der Waals surface area contributed by atoms with Crippen LogP contribution in [0.15, 0.2) is 193 Å². The third kappa shape index (κ3) is 5.37. The van der Waals surface area contributed by atoms with Crippen molar-refractivity contribution in [1.29, 1.82) is 0 Å². The van der Waals surface area contributed by atoms with Crippen LogP contribution < -0.4 is 25.6 Å². The van der Waals surface area contributed by atoms with Crippen LogP contribution in [0.4, 0.5) is 11.4 Å². The predicted molar refractivity (Wildman–Crippen MR) is 253 cm³/mol. The van der Waals surface area contributed by atoms with Gasteiger partial charge in [0, 0.05) is 27.8 Å². The van der Waals surface area contributed by atoms with Crippen molar-refractivity contribution >= 4 is 67.7 Å². The average Bonchev–Trinajstić information content (AvgIpc) is 1.24. The van der Waals surface area contributed by atoms with Crippen LogP contribution in [0.2, 0.25) is 0 Å². The second-order valence-electron chi connectivity index (χ2n) is 16.1. The Labute approximate surface area is 390 Å². The molecular weight excluding hydrogens is 729 g/mol. The number of rotatable bonds is 6. The molecule has 2 nitrogen and oxygen atoms in total. The van der Waals surface area contributed by atoms with Gasteiger partial charge in [-0.05, 0) is 97.4 Å². The zero-order valence-corrected chi connectivity index (χ0v) is 33.2. The van der Waals surface area contributed by atoms with Gasteiger partial charge < -0.3 is 9.47 Å². The first-order valence-electron chi connectivity index (χ1n) is 33.5. The minimum Gasteiger partial charge on any atom is -0.333 e. The topological polar surface area (TPSA) is 8.17 Å². The van der Waals surface area contributed by atoms with Gasteiger partial charge in [-0.15, -0.1) is 0 Å². The van der Waals surface area contributed by atoms with Crippen LogP contribution in [0.25, 0.3) is 27.5 Å². The van der Waals surface area contributed by atoms with Gasteiger partial charge in [0.25, 0.3) is 0 Å². The van der Waals surface area contributed by atoms with Crippen LogP contribution in [0, 0.1) is 0 Å². The molecule has 2 heterocycles. The minimum atomic E-state index is -5.86. The number of para-hydroxylation sites is 3. The number of hydrogen-bond acceptors (Lipinski definition) is 1. The molecular formula is C56H50N2Si. The summed E-state index contributed by atoms with van der Waals surface area (Å²) in [5.74, 6) is -2.01. The summed E-state index contributed by atoms with van der Waals surface area (Å²) in [6.07, 6.45) is 1.20. The molecule has 0 saturated carbocycles. The van der Waals surface area contributed by atoms with Crippen molar-refractivity contribution in [1.82, 2.24) is 4.57 Å². The van der Waals surface area contributed by atoms with E-state index in [0.29, 0.717) is 18.4 Å². The summed E-state index contributed by atoms with van der Waals surface area (Å²) in [5.41, 5.74) is -3.98. The third-order valence-corrected chi connectivity index (χ3v) is 16.3. The number of allylic oxidation sites excluding steroid dienone is 2. The van der Waals surface area contributed by atoms with E-state index in [9.17, 15) is 26.0 Å². The highest BCUT2D eigenvalue weighted by atomic mass is 28.3. The summed E-state index contributed by atoms with van der Waals surface area (Å²) in [6, 6.07) is -25.2. The van der Waals surface area contributed by atoms with Gasteiger partial charge >= 0.3 is 0 Å². The van der Waals surface area contributed by atoms with Gasteiger partial charge in [-0.1, -0.05) is 185 Å². The Hall–Kier alpha value is -6.16. The summed E-state index contributed by atoms with van der Waals surface area (Å²) in [4.78, 5) is 0.826. The average molecular weight is 808 g/mol. The molecule has 1 aliphatic heterocycles. The highest BCUT2D eigenvalue weighted by Gasteiger charge is 2.46. The number of anilines is 2. The standard InChI is InChI=1S/C56H50N2Si/c1-55(2)35-36-56(3,4)48-38-43(33-34-47(48)55)59(40-20-7-5-8-21-40,41-22-9-6-10-23-41)42-24-17-19-39(37-42)57-51-30-16-13-27-46(51)54-52(57)31-18-32-53(54)58-49-28-14-11-25-44(49)45-26-12-15-29-50(45)58/h5-34,37-38,52,54H,35-36H2,1-4H3/i5D,6D,7D,8D,9D,10D,11D,12D,13D,14D,15D,16D,17D,18D,19D,20D,21D,22D,23D,24D,25D,26D,27D,28D,29D,30D,31D,32D,37D. The van der Waals surface area contributed by atoms with Crippen molar-refractivity contribution in [2.24, 2.45) is 0 Å². The van der Waals surface area contributed by atoms with E-state index in [2.05, 4.69) is 0 Å². The monoisotopic (exact) mass is 808 g/mol. The smallest absolute Gasteiger partial charge is 0.179 e. The van der Waals surface area contributed by atoms with E-state index >= 15 is 0 Å². The Morgan fingerprint density at radius 2 is 1.15 bits per heavy atom. The summed E-state index contributed by atoms with van der Waals surface area (Å²) in [7, 11) is -5.86. The molecule has 59 heavy (non-hydrogen) atoms. The maximum absolute atomic E-state index is 10.8. The molecule has 3 aliphatic rings. The SMILES string of the molecule is [2H]C1=C([2H])C2C(C(n3c4c([2H])c([2H])c([2H])c([2H])c4c4c([2H])c([2H])c([2H])c([2H])c43)=C1[2H])c1c([2H])c([2H])c([2H])c([2H])c1N2c1c([2H])c([2H])c([2H])c([Si](c2ccc3c(c2)C(C)(C)CCC3(C)C)(c2c([2H])c([2H])c([2H])c([2H])c2[2H])c2c([2H])c([2H])c([2H])c([2H])c2[2H])c1[2H]. The van der Waals surface area contributed by atoms with Gasteiger partial charge in [0.2, 0.25) is 0 Å². The van der Waals surface area contributed by atoms with E-state index < -0.39 is 266 Å². The Bertz CT molecular complexity index is 4450. The lowest BCUT2D eigenvalue weighted by molar-refractivity contribution is 0.332. The highest BCUT2D eigenvalue weighted by molar-refractivity contribution is 7.20. The Morgan fingerprint density at radius 3 is 1.83 bits per heavy atom. The normalized spacial score (nSPS) is 26.4. The molecule has 7 aromatic carbocycles. The van der Waals surface area contributed by atoms with Gasteiger partial charge in [-0.2, -0.15) is 0 Å². The van der Waals surface area contributed by atoms with E-state index in [4.69, 9.17) is 13.7 Å². The van der Waals surface area contributed by atoms with E-state index in [0.717, 1.165) is 15.0 Å². The quantitative estimate of drug-likeness (QED) is 0.120. The fourth-order valence-electron chi connectivity index (χ4n) is 9.12. The van der Waals surface area contributed by atoms with Crippen molar-refractivity contribution in [3.05, 3.63) is 210 Å². The van der Waals surface area contributed by atoms with Crippen LogP contribution in [0.1, 0.15) is 103 Å². The fraction of sp³-hybridized carbons (Fsp3) is 0.179. The molecule has 2 unspecified atom stereocenters. The molecule has 2 aliphatic carbocycles. The molecule has 0 saturated heterocycles. The summed E-state index contributed by atoms with van der Waals surface area (Å²) < 4.78 is 274. The van der Waals surface area contributed by atoms with E-state index in [1.165, 1.54) is 6.07 Å². The van der Waals surface area contributed by atoms with Gasteiger partial charge in [0.05, 0.1) is 62.7 Å². The minimum absolute atomic E-state index is 0.127. The third-order valence-electron chi connectivity index (χ3n) is 12.1. The molecule has 0 amide bonds. The van der Waals surface area contributed by atoms with Crippen molar-refractivity contribution in [3.63, 3.8) is 0 Å². The van der Waals surface area contributed by atoms with Crippen LogP contribution in [-0.4, -0.2) is 18.7 Å². The summed E-state index contributed by atoms with van der Waals surface area (Å²) in [5, 5.41) is -3.45. The largest absolute Gasteiger partial charge is 0.333 e. The highest BCUT2D eigenvalue weighted by Crippen LogP contribution is 2.52. The van der Waals surface area contributed by atoms with Gasteiger partial charge in [0.15, 0.2) is 8.07 Å². The molecule has 0 N–H and O–H groups in total. The van der Waals surface area contributed by atoms with Crippen LogP contribution in [-0.2, 0) is 10.8 Å². The maximum atomic E-state index is 10.8. The molecule has 288 valence electrons. The molecule has 0 fully saturated rings. The maximum Gasteiger partial charge on any atom is 0.179 e. The molecule has 0 radical (unpaired) electrons. The molecule has 8 aromatic rings. The molecule has 11 rings (SSSR count). The number of aromatic nitrogens is 1. The van der Waals surface area contributed by atoms with Gasteiger partial charge in [-0.25, -0.2) is 0 Å². The summed E-state index contributed by atoms with van der Waals surface area (Å²) in [6.45, 7) is 7.79. The first kappa shape index (κ1) is 16.8. The Balaban J connectivity index is 1.38. The lowest BCUT2D eigenvalue weighted by Gasteiger charge is -2.43. The molecule has 0 spiro atoms.